The molecule has 106 valence electrons. The number of aromatic nitrogens is 3. The minimum atomic E-state index is -0.383. The Balaban J connectivity index is 1.99. The summed E-state index contributed by atoms with van der Waals surface area (Å²) in [7, 11) is 0. The molecule has 7 heteroatoms. The van der Waals surface area contributed by atoms with Crippen molar-refractivity contribution in [3.8, 4) is 0 Å². The first-order valence-electron chi connectivity index (χ1n) is 6.29. The Hall–Kier alpha value is -2.54. The van der Waals surface area contributed by atoms with Gasteiger partial charge < -0.3 is 5.32 Å². The first-order valence-corrected chi connectivity index (χ1v) is 7.10. The molecule has 2 heterocycles. The molecular formula is C14H12N4O2S. The minimum Gasteiger partial charge on any atom is -0.316 e. The van der Waals surface area contributed by atoms with Crippen LogP contribution >= 0.6 is 11.3 Å². The highest BCUT2D eigenvalue weighted by atomic mass is 32.1. The normalized spacial score (nSPS) is 10.8. The van der Waals surface area contributed by atoms with Gasteiger partial charge in [-0.25, -0.2) is 4.98 Å². The lowest BCUT2D eigenvalue weighted by molar-refractivity contribution is 0.102. The van der Waals surface area contributed by atoms with Gasteiger partial charge in [0.1, 0.15) is 10.7 Å². The number of fused-ring (bicyclic) bond motifs is 1. The average molecular weight is 300 g/mol. The predicted octanol–water partition coefficient (Wildman–Crippen LogP) is 2.02. The van der Waals surface area contributed by atoms with Crippen LogP contribution in [0.4, 0.5) is 5.69 Å². The molecule has 0 saturated heterocycles. The van der Waals surface area contributed by atoms with Gasteiger partial charge in [0.2, 0.25) is 4.96 Å². The highest BCUT2D eigenvalue weighted by molar-refractivity contribution is 7.16. The van der Waals surface area contributed by atoms with Gasteiger partial charge in [-0.05, 0) is 25.5 Å². The molecule has 0 aliphatic heterocycles. The summed E-state index contributed by atoms with van der Waals surface area (Å²) >= 11 is 1.32. The Morgan fingerprint density at radius 1 is 1.29 bits per heavy atom. The van der Waals surface area contributed by atoms with E-state index in [1.165, 1.54) is 22.0 Å². The van der Waals surface area contributed by atoms with Gasteiger partial charge in [0.15, 0.2) is 0 Å². The number of carbonyl (C=O) groups is 1. The van der Waals surface area contributed by atoms with Crippen molar-refractivity contribution in [1.82, 2.24) is 14.6 Å². The monoisotopic (exact) mass is 300 g/mol. The molecule has 0 unspecified atom stereocenters. The molecule has 6 nitrogen and oxygen atoms in total. The van der Waals surface area contributed by atoms with Crippen LogP contribution in [0.1, 0.15) is 20.9 Å². The summed E-state index contributed by atoms with van der Waals surface area (Å²) in [5.74, 6) is -0.334. The number of hydrogen-bond acceptors (Lipinski definition) is 5. The van der Waals surface area contributed by atoms with E-state index in [1.54, 1.807) is 19.1 Å². The van der Waals surface area contributed by atoms with E-state index >= 15 is 0 Å². The third-order valence-corrected chi connectivity index (χ3v) is 3.86. The van der Waals surface area contributed by atoms with Crippen molar-refractivity contribution < 1.29 is 4.79 Å². The van der Waals surface area contributed by atoms with E-state index in [9.17, 15) is 9.59 Å². The maximum Gasteiger partial charge on any atom is 0.298 e. The number of anilines is 1. The van der Waals surface area contributed by atoms with Gasteiger partial charge in [-0.2, -0.15) is 9.61 Å². The lowest BCUT2D eigenvalue weighted by Gasteiger charge is -2.06. The molecule has 0 spiro atoms. The van der Waals surface area contributed by atoms with E-state index in [2.05, 4.69) is 15.4 Å². The molecule has 0 atom stereocenters. The SMILES string of the molecule is Cc1nn2c(=O)c(NC(=O)c3ccccc3C)cnc2s1. The molecule has 21 heavy (non-hydrogen) atoms. The van der Waals surface area contributed by atoms with Crippen molar-refractivity contribution in [3.05, 3.63) is 57.0 Å². The van der Waals surface area contributed by atoms with E-state index in [4.69, 9.17) is 0 Å². The Labute approximate surface area is 124 Å². The third-order valence-electron chi connectivity index (χ3n) is 3.03. The number of nitrogens with one attached hydrogen (secondary N) is 1. The van der Waals surface area contributed by atoms with Crippen molar-refractivity contribution >= 4 is 27.9 Å². The lowest BCUT2D eigenvalue weighted by atomic mass is 10.1. The van der Waals surface area contributed by atoms with Gasteiger partial charge >= 0.3 is 0 Å². The molecule has 2 aromatic heterocycles. The number of aryl methyl sites for hydroxylation is 2. The molecule has 1 N–H and O–H groups in total. The zero-order valence-corrected chi connectivity index (χ0v) is 12.3. The highest BCUT2D eigenvalue weighted by Crippen LogP contribution is 2.12. The molecule has 0 fully saturated rings. The highest BCUT2D eigenvalue weighted by Gasteiger charge is 2.13. The van der Waals surface area contributed by atoms with Crippen LogP contribution in [-0.4, -0.2) is 20.5 Å². The fraction of sp³-hybridized carbons (Fsp3) is 0.143. The molecule has 0 bridgehead atoms. The molecule has 0 saturated carbocycles. The maximum atomic E-state index is 12.2. The van der Waals surface area contributed by atoms with Crippen LogP contribution < -0.4 is 10.9 Å². The molecule has 1 aromatic carbocycles. The zero-order valence-electron chi connectivity index (χ0n) is 11.5. The summed E-state index contributed by atoms with van der Waals surface area (Å²) in [6.07, 6.45) is 1.37. The van der Waals surface area contributed by atoms with Crippen LogP contribution in [0.2, 0.25) is 0 Å². The average Bonchev–Trinajstić information content (AvgIpc) is 2.84. The quantitative estimate of drug-likeness (QED) is 0.785. The Morgan fingerprint density at radius 2 is 2.05 bits per heavy atom. The second-order valence-electron chi connectivity index (χ2n) is 4.56. The van der Waals surface area contributed by atoms with E-state index < -0.39 is 0 Å². The van der Waals surface area contributed by atoms with Crippen LogP contribution in [0.15, 0.2) is 35.3 Å². The van der Waals surface area contributed by atoms with Gasteiger partial charge in [-0.15, -0.1) is 0 Å². The molecule has 1 amide bonds. The summed E-state index contributed by atoms with van der Waals surface area (Å²) in [6, 6.07) is 7.18. The van der Waals surface area contributed by atoms with Crippen LogP contribution in [0.3, 0.4) is 0 Å². The molecular weight excluding hydrogens is 288 g/mol. The van der Waals surface area contributed by atoms with E-state index in [0.717, 1.165) is 10.6 Å². The summed E-state index contributed by atoms with van der Waals surface area (Å²) in [4.78, 5) is 29.1. The van der Waals surface area contributed by atoms with Crippen LogP contribution in [0, 0.1) is 13.8 Å². The Kier molecular flexibility index (Phi) is 3.26. The van der Waals surface area contributed by atoms with Crippen molar-refractivity contribution in [2.24, 2.45) is 0 Å². The van der Waals surface area contributed by atoms with Crippen molar-refractivity contribution in [1.29, 1.82) is 0 Å². The minimum absolute atomic E-state index is 0.117. The van der Waals surface area contributed by atoms with Crippen molar-refractivity contribution in [3.63, 3.8) is 0 Å². The fourth-order valence-electron chi connectivity index (χ4n) is 1.98. The second kappa shape index (κ2) is 5.10. The van der Waals surface area contributed by atoms with Crippen LogP contribution in [-0.2, 0) is 0 Å². The standard InChI is InChI=1S/C14H12N4O2S/c1-8-5-3-4-6-10(8)12(19)16-11-7-15-14-18(13(11)20)17-9(2)21-14/h3-7H,1-2H3,(H,16,19). The summed E-state index contributed by atoms with van der Waals surface area (Å²) < 4.78 is 1.20. The van der Waals surface area contributed by atoms with Crippen LogP contribution in [0.25, 0.3) is 4.96 Å². The lowest BCUT2D eigenvalue weighted by Crippen LogP contribution is -2.23. The second-order valence-corrected chi connectivity index (χ2v) is 5.72. The predicted molar refractivity (Wildman–Crippen MR) is 81.0 cm³/mol. The van der Waals surface area contributed by atoms with Gasteiger partial charge in [0.25, 0.3) is 11.5 Å². The third kappa shape index (κ3) is 2.43. The van der Waals surface area contributed by atoms with Gasteiger partial charge in [0.05, 0.1) is 6.20 Å². The Morgan fingerprint density at radius 3 is 2.81 bits per heavy atom. The van der Waals surface area contributed by atoms with E-state index in [-0.39, 0.29) is 17.2 Å². The molecule has 3 rings (SSSR count). The number of carbonyl (C=O) groups excluding carboxylic acids is 1. The first kappa shape index (κ1) is 13.4. The molecule has 3 aromatic rings. The first-order chi connectivity index (χ1) is 10.1. The number of nitrogens with zero attached hydrogens (tertiary/aromatic N) is 3. The van der Waals surface area contributed by atoms with Gasteiger partial charge in [0, 0.05) is 5.56 Å². The molecule has 0 aliphatic rings. The zero-order chi connectivity index (χ0) is 15.0. The van der Waals surface area contributed by atoms with E-state index in [0.29, 0.717) is 10.5 Å². The number of rotatable bonds is 2. The van der Waals surface area contributed by atoms with Gasteiger partial charge in [-0.1, -0.05) is 29.5 Å². The van der Waals surface area contributed by atoms with Crippen LogP contribution in [0.5, 0.6) is 0 Å². The van der Waals surface area contributed by atoms with Crippen molar-refractivity contribution in [2.45, 2.75) is 13.8 Å². The Bertz CT molecular complexity index is 897. The maximum absolute atomic E-state index is 12.2. The smallest absolute Gasteiger partial charge is 0.298 e. The topological polar surface area (TPSA) is 76.4 Å². The van der Waals surface area contributed by atoms with Crippen molar-refractivity contribution in [2.75, 3.05) is 5.32 Å². The molecule has 0 aliphatic carbocycles. The number of hydrogen-bond donors (Lipinski definition) is 1. The van der Waals surface area contributed by atoms with E-state index in [1.807, 2.05) is 19.1 Å². The summed E-state index contributed by atoms with van der Waals surface area (Å²) in [5, 5.41) is 7.42. The van der Waals surface area contributed by atoms with Gasteiger partial charge in [-0.3, -0.25) is 9.59 Å². The summed E-state index contributed by atoms with van der Waals surface area (Å²) in [5.41, 5.74) is 1.10. The molecule has 0 radical (unpaired) electrons. The number of benzene rings is 1. The largest absolute Gasteiger partial charge is 0.316 e. The number of amides is 1. The fourth-order valence-corrected chi connectivity index (χ4v) is 2.69. The summed E-state index contributed by atoms with van der Waals surface area (Å²) in [6.45, 7) is 3.64.